The molecule has 0 aromatic rings. The molecule has 0 spiro atoms. The Morgan fingerprint density at radius 3 is 2.46 bits per heavy atom. The van der Waals surface area contributed by atoms with Crippen molar-refractivity contribution in [3.63, 3.8) is 0 Å². The third-order valence-corrected chi connectivity index (χ3v) is 3.15. The van der Waals surface area contributed by atoms with Crippen LogP contribution in [0.3, 0.4) is 0 Å². The molecular formula is C11H24N2. The molecule has 0 unspecified atom stereocenters. The highest BCUT2D eigenvalue weighted by Crippen LogP contribution is 2.26. The summed E-state index contributed by atoms with van der Waals surface area (Å²) < 4.78 is 0. The van der Waals surface area contributed by atoms with Gasteiger partial charge in [0.1, 0.15) is 0 Å². The first-order valence-corrected chi connectivity index (χ1v) is 5.71. The lowest BCUT2D eigenvalue weighted by atomic mass is 9.87. The molecule has 2 N–H and O–H groups in total. The van der Waals surface area contributed by atoms with Crippen LogP contribution in [0.2, 0.25) is 0 Å². The van der Waals surface area contributed by atoms with Gasteiger partial charge >= 0.3 is 0 Å². The molecule has 2 nitrogen and oxygen atoms in total. The maximum Gasteiger partial charge on any atom is 0.0102 e. The highest BCUT2D eigenvalue weighted by atomic mass is 15.1. The summed E-state index contributed by atoms with van der Waals surface area (Å²) in [5.74, 6) is 1.01. The topological polar surface area (TPSA) is 29.3 Å². The predicted octanol–water partition coefficient (Wildman–Crippen LogP) is 1.85. The molecule has 0 amide bonds. The van der Waals surface area contributed by atoms with Gasteiger partial charge in [-0.05, 0) is 25.9 Å². The standard InChI is InChI=1S/C11H24N2/c1-13(10-8-12)9-7-11-5-3-2-4-6-11/h11H,2-10,12H2,1H3. The van der Waals surface area contributed by atoms with E-state index in [1.54, 1.807) is 0 Å². The van der Waals surface area contributed by atoms with E-state index in [0.29, 0.717) is 0 Å². The van der Waals surface area contributed by atoms with Gasteiger partial charge in [-0.3, -0.25) is 0 Å². The molecule has 0 aromatic carbocycles. The highest BCUT2D eigenvalue weighted by Gasteiger charge is 2.13. The first-order valence-electron chi connectivity index (χ1n) is 5.71. The number of nitrogens with zero attached hydrogens (tertiary/aromatic N) is 1. The van der Waals surface area contributed by atoms with Crippen LogP contribution < -0.4 is 5.73 Å². The van der Waals surface area contributed by atoms with Gasteiger partial charge < -0.3 is 10.6 Å². The molecule has 1 rings (SSSR count). The van der Waals surface area contributed by atoms with Crippen LogP contribution in [0.15, 0.2) is 0 Å². The van der Waals surface area contributed by atoms with Gasteiger partial charge in [-0.2, -0.15) is 0 Å². The van der Waals surface area contributed by atoms with Crippen molar-refractivity contribution in [1.29, 1.82) is 0 Å². The second kappa shape index (κ2) is 6.39. The minimum atomic E-state index is 0.793. The quantitative estimate of drug-likeness (QED) is 0.706. The van der Waals surface area contributed by atoms with E-state index in [-0.39, 0.29) is 0 Å². The van der Waals surface area contributed by atoms with Gasteiger partial charge in [0.2, 0.25) is 0 Å². The molecule has 0 bridgehead atoms. The first-order chi connectivity index (χ1) is 6.33. The summed E-state index contributed by atoms with van der Waals surface area (Å²) in [6, 6.07) is 0. The largest absolute Gasteiger partial charge is 0.329 e. The lowest BCUT2D eigenvalue weighted by Crippen LogP contribution is -2.27. The fourth-order valence-corrected chi connectivity index (χ4v) is 2.21. The molecule has 1 aliphatic rings. The fraction of sp³-hybridized carbons (Fsp3) is 1.00. The fourth-order valence-electron chi connectivity index (χ4n) is 2.21. The van der Waals surface area contributed by atoms with E-state index in [1.165, 1.54) is 45.1 Å². The van der Waals surface area contributed by atoms with Crippen molar-refractivity contribution in [1.82, 2.24) is 4.90 Å². The maximum absolute atomic E-state index is 5.50. The van der Waals surface area contributed by atoms with Crippen molar-refractivity contribution in [3.05, 3.63) is 0 Å². The van der Waals surface area contributed by atoms with Crippen molar-refractivity contribution in [2.45, 2.75) is 38.5 Å². The Labute approximate surface area is 82.5 Å². The SMILES string of the molecule is CN(CCN)CCC1CCCCC1. The minimum Gasteiger partial charge on any atom is -0.329 e. The van der Waals surface area contributed by atoms with E-state index in [4.69, 9.17) is 5.73 Å². The van der Waals surface area contributed by atoms with Crippen molar-refractivity contribution < 1.29 is 0 Å². The molecule has 78 valence electrons. The molecule has 0 atom stereocenters. The molecule has 0 aliphatic heterocycles. The lowest BCUT2D eigenvalue weighted by Gasteiger charge is -2.24. The average molecular weight is 184 g/mol. The Morgan fingerprint density at radius 1 is 1.15 bits per heavy atom. The summed E-state index contributed by atoms with van der Waals surface area (Å²) in [5, 5.41) is 0. The molecule has 0 radical (unpaired) electrons. The smallest absolute Gasteiger partial charge is 0.0102 e. The van der Waals surface area contributed by atoms with Crippen LogP contribution in [-0.4, -0.2) is 31.6 Å². The van der Waals surface area contributed by atoms with E-state index in [2.05, 4.69) is 11.9 Å². The number of likely N-dealkylation sites (N-methyl/N-ethyl adjacent to an activating group) is 1. The first kappa shape index (κ1) is 11.0. The molecule has 1 aliphatic carbocycles. The van der Waals surface area contributed by atoms with E-state index in [0.717, 1.165) is 19.0 Å². The molecular weight excluding hydrogens is 160 g/mol. The van der Waals surface area contributed by atoms with Crippen molar-refractivity contribution >= 4 is 0 Å². The van der Waals surface area contributed by atoms with Gasteiger partial charge in [-0.1, -0.05) is 32.1 Å². The van der Waals surface area contributed by atoms with Crippen molar-refractivity contribution in [3.8, 4) is 0 Å². The van der Waals surface area contributed by atoms with Gasteiger partial charge in [0.05, 0.1) is 0 Å². The molecule has 13 heavy (non-hydrogen) atoms. The zero-order valence-electron chi connectivity index (χ0n) is 8.97. The minimum absolute atomic E-state index is 0.793. The molecule has 1 saturated carbocycles. The average Bonchev–Trinajstić information content (AvgIpc) is 2.17. The van der Waals surface area contributed by atoms with Gasteiger partial charge in [-0.15, -0.1) is 0 Å². The number of hydrogen-bond donors (Lipinski definition) is 1. The highest BCUT2D eigenvalue weighted by molar-refractivity contribution is 4.67. The van der Waals surface area contributed by atoms with Crippen LogP contribution in [0.5, 0.6) is 0 Å². The Hall–Kier alpha value is -0.0800. The third kappa shape index (κ3) is 4.63. The van der Waals surface area contributed by atoms with E-state index >= 15 is 0 Å². The zero-order valence-corrected chi connectivity index (χ0v) is 8.97. The van der Waals surface area contributed by atoms with Gasteiger partial charge in [0.15, 0.2) is 0 Å². The van der Waals surface area contributed by atoms with E-state index < -0.39 is 0 Å². The third-order valence-electron chi connectivity index (χ3n) is 3.15. The van der Waals surface area contributed by atoms with Gasteiger partial charge in [0.25, 0.3) is 0 Å². The summed E-state index contributed by atoms with van der Waals surface area (Å²) in [4.78, 5) is 2.36. The molecule has 0 aromatic heterocycles. The van der Waals surface area contributed by atoms with Crippen LogP contribution in [0.25, 0.3) is 0 Å². The monoisotopic (exact) mass is 184 g/mol. The summed E-state index contributed by atoms with van der Waals surface area (Å²) >= 11 is 0. The van der Waals surface area contributed by atoms with Crippen molar-refractivity contribution in [2.75, 3.05) is 26.7 Å². The molecule has 0 heterocycles. The molecule has 0 saturated heterocycles. The summed E-state index contributed by atoms with van der Waals surface area (Å²) in [6.45, 7) is 3.08. The second-order valence-electron chi connectivity index (χ2n) is 4.38. The predicted molar refractivity (Wildman–Crippen MR) is 57.7 cm³/mol. The van der Waals surface area contributed by atoms with Crippen LogP contribution in [0.1, 0.15) is 38.5 Å². The van der Waals surface area contributed by atoms with Crippen LogP contribution in [0.4, 0.5) is 0 Å². The van der Waals surface area contributed by atoms with Crippen molar-refractivity contribution in [2.24, 2.45) is 11.7 Å². The normalized spacial score (nSPS) is 19.6. The number of rotatable bonds is 5. The van der Waals surface area contributed by atoms with E-state index in [1.807, 2.05) is 0 Å². The maximum atomic E-state index is 5.50. The Balaban J connectivity index is 2.03. The summed E-state index contributed by atoms with van der Waals surface area (Å²) in [5.41, 5.74) is 5.50. The van der Waals surface area contributed by atoms with Crippen LogP contribution in [-0.2, 0) is 0 Å². The Bertz CT molecular complexity index is 119. The molecule has 1 fully saturated rings. The van der Waals surface area contributed by atoms with Gasteiger partial charge in [0, 0.05) is 13.1 Å². The number of nitrogens with two attached hydrogens (primary N) is 1. The van der Waals surface area contributed by atoms with Gasteiger partial charge in [-0.25, -0.2) is 0 Å². The molecule has 2 heteroatoms. The Morgan fingerprint density at radius 2 is 1.85 bits per heavy atom. The number of hydrogen-bond acceptors (Lipinski definition) is 2. The summed E-state index contributed by atoms with van der Waals surface area (Å²) in [6.07, 6.45) is 8.72. The Kier molecular flexibility index (Phi) is 5.40. The van der Waals surface area contributed by atoms with E-state index in [9.17, 15) is 0 Å². The summed E-state index contributed by atoms with van der Waals surface area (Å²) in [7, 11) is 2.18. The zero-order chi connectivity index (χ0) is 9.52. The van der Waals surface area contributed by atoms with Crippen LogP contribution in [0, 0.1) is 5.92 Å². The van der Waals surface area contributed by atoms with Crippen LogP contribution >= 0.6 is 0 Å². The lowest BCUT2D eigenvalue weighted by molar-refractivity contribution is 0.269. The second-order valence-corrected chi connectivity index (χ2v) is 4.38.